The van der Waals surface area contributed by atoms with Crippen LogP contribution in [0.3, 0.4) is 0 Å². The average molecular weight is 511 g/mol. The molecule has 6 aliphatic rings. The summed E-state index contributed by atoms with van der Waals surface area (Å²) in [6, 6.07) is 0. The van der Waals surface area contributed by atoms with E-state index in [0.29, 0.717) is 0 Å². The van der Waals surface area contributed by atoms with Gasteiger partial charge >= 0.3 is 0 Å². The molecule has 0 heteroatoms. The van der Waals surface area contributed by atoms with E-state index in [-0.39, 0.29) is 0 Å². The molecule has 0 N–H and O–H groups in total. The maximum absolute atomic E-state index is 2.32. The molecule has 0 aromatic carbocycles. The summed E-state index contributed by atoms with van der Waals surface area (Å²) < 4.78 is 0. The lowest BCUT2D eigenvalue weighted by molar-refractivity contribution is -0.156. The van der Waals surface area contributed by atoms with E-state index in [1.807, 2.05) is 0 Å². The summed E-state index contributed by atoms with van der Waals surface area (Å²) in [5, 5.41) is 0. The lowest BCUT2D eigenvalue weighted by Crippen LogP contribution is -2.57. The third-order valence-electron chi connectivity index (χ3n) is 13.1. The van der Waals surface area contributed by atoms with Gasteiger partial charge in [-0.3, -0.25) is 0 Å². The van der Waals surface area contributed by atoms with Crippen LogP contribution in [0.25, 0.3) is 0 Å². The van der Waals surface area contributed by atoms with E-state index in [1.54, 1.807) is 77.0 Å². The quantitative estimate of drug-likeness (QED) is 0.143. The van der Waals surface area contributed by atoms with E-state index in [4.69, 9.17) is 0 Å². The molecule has 214 valence electrons. The molecule has 0 amide bonds. The molecule has 0 saturated heterocycles. The van der Waals surface area contributed by atoms with E-state index in [2.05, 4.69) is 6.92 Å². The SMILES string of the molecule is CCCCCCCCCCCCCCCCCCCCC1(C2CC3CCC2C3)C2CC3CC(C2)CC1C3. The fourth-order valence-electron chi connectivity index (χ4n) is 11.5. The zero-order chi connectivity index (χ0) is 25.3. The summed E-state index contributed by atoms with van der Waals surface area (Å²) in [5.74, 6) is 8.05. The van der Waals surface area contributed by atoms with Crippen molar-refractivity contribution in [2.75, 3.05) is 0 Å². The van der Waals surface area contributed by atoms with Gasteiger partial charge in [-0.2, -0.15) is 0 Å². The Morgan fingerprint density at radius 1 is 0.432 bits per heavy atom. The molecule has 6 bridgehead atoms. The lowest BCUT2D eigenvalue weighted by Gasteiger charge is -2.65. The lowest BCUT2D eigenvalue weighted by atomic mass is 9.40. The van der Waals surface area contributed by atoms with E-state index in [0.717, 1.165) is 46.8 Å². The second-order valence-electron chi connectivity index (χ2n) is 15.5. The normalized spacial score (nSPS) is 37.7. The minimum absolute atomic E-state index is 0.822. The highest BCUT2D eigenvalue weighted by atomic mass is 14.7. The summed E-state index contributed by atoms with van der Waals surface area (Å²) in [4.78, 5) is 0. The van der Waals surface area contributed by atoms with Crippen LogP contribution < -0.4 is 0 Å². The van der Waals surface area contributed by atoms with E-state index in [9.17, 15) is 0 Å². The largest absolute Gasteiger partial charge is 0.0654 e. The summed E-state index contributed by atoms with van der Waals surface area (Å²) in [5.41, 5.74) is 0.822. The highest BCUT2D eigenvalue weighted by molar-refractivity contribution is 5.11. The molecule has 6 aliphatic carbocycles. The fourth-order valence-corrected chi connectivity index (χ4v) is 11.5. The third-order valence-corrected chi connectivity index (χ3v) is 13.1. The zero-order valence-corrected chi connectivity index (χ0v) is 25.3. The predicted octanol–water partition coefficient (Wildman–Crippen LogP) is 12.3. The van der Waals surface area contributed by atoms with Crippen molar-refractivity contribution in [3.05, 3.63) is 0 Å². The Morgan fingerprint density at radius 2 is 0.892 bits per heavy atom. The van der Waals surface area contributed by atoms with Gasteiger partial charge in [0.25, 0.3) is 0 Å². The van der Waals surface area contributed by atoms with Gasteiger partial charge in [0.15, 0.2) is 0 Å². The molecule has 3 unspecified atom stereocenters. The molecule has 6 fully saturated rings. The number of hydrogen-bond donors (Lipinski definition) is 0. The van der Waals surface area contributed by atoms with Gasteiger partial charge < -0.3 is 0 Å². The van der Waals surface area contributed by atoms with Crippen LogP contribution in [0.2, 0.25) is 0 Å². The first-order valence-corrected chi connectivity index (χ1v) is 18.3. The van der Waals surface area contributed by atoms with Gasteiger partial charge in [0.05, 0.1) is 0 Å². The van der Waals surface area contributed by atoms with Gasteiger partial charge in [0.2, 0.25) is 0 Å². The summed E-state index contributed by atoms with van der Waals surface area (Å²) in [7, 11) is 0. The van der Waals surface area contributed by atoms with Gasteiger partial charge in [-0.25, -0.2) is 0 Å². The maximum Gasteiger partial charge on any atom is -0.0209 e. The zero-order valence-electron chi connectivity index (χ0n) is 25.3. The molecule has 37 heavy (non-hydrogen) atoms. The number of fused-ring (bicyclic) bond motifs is 2. The molecule has 0 aromatic heterocycles. The van der Waals surface area contributed by atoms with Gasteiger partial charge in [-0.15, -0.1) is 0 Å². The van der Waals surface area contributed by atoms with Crippen LogP contribution in [0.5, 0.6) is 0 Å². The van der Waals surface area contributed by atoms with Crippen LogP contribution in [0, 0.1) is 46.8 Å². The van der Waals surface area contributed by atoms with Crippen LogP contribution >= 0.6 is 0 Å². The highest BCUT2D eigenvalue weighted by Crippen LogP contribution is 2.71. The first-order valence-electron chi connectivity index (χ1n) is 18.3. The third kappa shape index (κ3) is 7.20. The smallest absolute Gasteiger partial charge is 0.0209 e. The number of rotatable bonds is 20. The first kappa shape index (κ1) is 28.5. The van der Waals surface area contributed by atoms with Crippen molar-refractivity contribution in [3.63, 3.8) is 0 Å². The molecular weight excluding hydrogens is 444 g/mol. The van der Waals surface area contributed by atoms with Crippen molar-refractivity contribution < 1.29 is 0 Å². The van der Waals surface area contributed by atoms with Crippen LogP contribution in [-0.2, 0) is 0 Å². The highest BCUT2D eigenvalue weighted by Gasteiger charge is 2.62. The monoisotopic (exact) mass is 511 g/mol. The minimum Gasteiger partial charge on any atom is -0.0654 e. The topological polar surface area (TPSA) is 0 Å². The van der Waals surface area contributed by atoms with Crippen molar-refractivity contribution in [2.24, 2.45) is 46.8 Å². The van der Waals surface area contributed by atoms with Gasteiger partial charge in [0, 0.05) is 0 Å². The molecule has 6 saturated carbocycles. The molecule has 3 atom stereocenters. The Kier molecular flexibility index (Phi) is 11.2. The van der Waals surface area contributed by atoms with Crippen molar-refractivity contribution in [1.82, 2.24) is 0 Å². The molecular formula is C37H66. The molecule has 6 rings (SSSR count). The van der Waals surface area contributed by atoms with Gasteiger partial charge in [-0.1, -0.05) is 129 Å². The fraction of sp³-hybridized carbons (Fsp3) is 1.00. The Hall–Kier alpha value is 0. The predicted molar refractivity (Wildman–Crippen MR) is 162 cm³/mol. The Labute approximate surface area is 233 Å². The van der Waals surface area contributed by atoms with Crippen molar-refractivity contribution in [1.29, 1.82) is 0 Å². The van der Waals surface area contributed by atoms with E-state index >= 15 is 0 Å². The molecule has 0 aromatic rings. The maximum atomic E-state index is 2.32. The molecule has 0 heterocycles. The first-order chi connectivity index (χ1) is 18.3. The summed E-state index contributed by atoms with van der Waals surface area (Å²) >= 11 is 0. The van der Waals surface area contributed by atoms with Crippen LogP contribution in [0.15, 0.2) is 0 Å². The van der Waals surface area contributed by atoms with Crippen molar-refractivity contribution in [3.8, 4) is 0 Å². The summed E-state index contributed by atoms with van der Waals surface area (Å²) in [6.07, 6.45) is 43.4. The number of unbranched alkanes of at least 4 members (excludes halogenated alkanes) is 17. The minimum atomic E-state index is 0.822. The Bertz CT molecular complexity index is 604. The standard InChI is InChI=1S/C37H66/c1-2-3-4-5-6-7-8-9-10-11-12-13-14-15-16-17-18-19-22-37(36-29-30-20-21-33(36)24-30)34-25-31-23-32(27-34)28-35(37)26-31/h30-36H,2-29H2,1H3. The molecule has 0 nitrogen and oxygen atoms in total. The van der Waals surface area contributed by atoms with Gasteiger partial charge in [-0.05, 0) is 105 Å². The molecule has 0 spiro atoms. The van der Waals surface area contributed by atoms with Crippen molar-refractivity contribution >= 4 is 0 Å². The molecule has 0 radical (unpaired) electrons. The second-order valence-corrected chi connectivity index (χ2v) is 15.5. The Morgan fingerprint density at radius 3 is 1.30 bits per heavy atom. The summed E-state index contributed by atoms with van der Waals surface area (Å²) in [6.45, 7) is 2.32. The second kappa shape index (κ2) is 14.6. The van der Waals surface area contributed by atoms with E-state index in [1.165, 1.54) is 103 Å². The van der Waals surface area contributed by atoms with E-state index < -0.39 is 0 Å². The Balaban J connectivity index is 0.905. The van der Waals surface area contributed by atoms with Crippen LogP contribution in [0.4, 0.5) is 0 Å². The average Bonchev–Trinajstić information content (AvgIpc) is 3.53. The molecule has 0 aliphatic heterocycles. The van der Waals surface area contributed by atoms with Gasteiger partial charge in [0.1, 0.15) is 0 Å². The van der Waals surface area contributed by atoms with Crippen molar-refractivity contribution in [2.45, 2.75) is 187 Å². The van der Waals surface area contributed by atoms with Crippen LogP contribution in [0.1, 0.15) is 187 Å². The van der Waals surface area contributed by atoms with Crippen LogP contribution in [-0.4, -0.2) is 0 Å². The number of hydrogen-bond acceptors (Lipinski definition) is 0.